The van der Waals surface area contributed by atoms with Crippen molar-refractivity contribution in [1.29, 1.82) is 0 Å². The molecule has 0 aliphatic carbocycles. The van der Waals surface area contributed by atoms with Crippen molar-refractivity contribution in [3.8, 4) is 5.75 Å². The molecule has 0 bridgehead atoms. The minimum absolute atomic E-state index is 0.0904. The highest BCUT2D eigenvalue weighted by Gasteiger charge is 2.20. The number of rotatable bonds is 4. The van der Waals surface area contributed by atoms with Crippen LogP contribution in [0.2, 0.25) is 0 Å². The van der Waals surface area contributed by atoms with Gasteiger partial charge in [0, 0.05) is 5.56 Å². The first-order valence-electron chi connectivity index (χ1n) is 5.68. The molecule has 0 spiro atoms. The lowest BCUT2D eigenvalue weighted by Gasteiger charge is -2.19. The number of nitrogens with zero attached hydrogens (tertiary/aromatic N) is 1. The number of hydrogen-bond donors (Lipinski definition) is 2. The van der Waals surface area contributed by atoms with Gasteiger partial charge in [-0.25, -0.2) is 10.4 Å². The van der Waals surface area contributed by atoms with Gasteiger partial charge in [0.25, 0.3) is 0 Å². The minimum Gasteiger partial charge on any atom is -0.496 e. The molecule has 1 heterocycles. The number of methoxy groups -OCH3 is 1. The van der Waals surface area contributed by atoms with Crippen LogP contribution in [0.3, 0.4) is 0 Å². The Morgan fingerprint density at radius 2 is 2.17 bits per heavy atom. The van der Waals surface area contributed by atoms with Gasteiger partial charge in [-0.05, 0) is 19.9 Å². The second kappa shape index (κ2) is 5.48. The van der Waals surface area contributed by atoms with Crippen molar-refractivity contribution in [3.05, 3.63) is 45.4 Å². The van der Waals surface area contributed by atoms with E-state index in [0.29, 0.717) is 0 Å². The Morgan fingerprint density at radius 1 is 1.39 bits per heavy atom. The van der Waals surface area contributed by atoms with Crippen molar-refractivity contribution in [2.24, 2.45) is 5.84 Å². The number of ether oxygens (including phenoxy) is 1. The van der Waals surface area contributed by atoms with E-state index in [1.807, 2.05) is 24.6 Å². The SMILES string of the molecule is COc1ccc(C)cc1C(NN)c1scnc1C. The maximum Gasteiger partial charge on any atom is 0.124 e. The molecule has 96 valence electrons. The smallest absolute Gasteiger partial charge is 0.124 e. The van der Waals surface area contributed by atoms with E-state index in [2.05, 4.69) is 23.4 Å². The summed E-state index contributed by atoms with van der Waals surface area (Å²) in [6.07, 6.45) is 0. The third kappa shape index (κ3) is 2.38. The summed E-state index contributed by atoms with van der Waals surface area (Å²) >= 11 is 1.59. The van der Waals surface area contributed by atoms with Gasteiger partial charge >= 0.3 is 0 Å². The summed E-state index contributed by atoms with van der Waals surface area (Å²) in [6, 6.07) is 5.98. The molecule has 5 heteroatoms. The standard InChI is InChI=1S/C13H17N3OS/c1-8-4-5-11(17-3)10(6-8)12(16-14)13-9(2)15-7-18-13/h4-7,12,16H,14H2,1-3H3. The Balaban J connectivity index is 2.51. The van der Waals surface area contributed by atoms with Gasteiger partial charge in [0.15, 0.2) is 0 Å². The molecule has 1 aromatic carbocycles. The van der Waals surface area contributed by atoms with Gasteiger partial charge in [0.05, 0.1) is 29.2 Å². The average molecular weight is 263 g/mol. The predicted molar refractivity (Wildman–Crippen MR) is 73.7 cm³/mol. The normalized spacial score (nSPS) is 12.4. The number of nitrogens with two attached hydrogens (primary N) is 1. The minimum atomic E-state index is -0.0904. The van der Waals surface area contributed by atoms with Crippen molar-refractivity contribution < 1.29 is 4.74 Å². The Labute approximate surface area is 111 Å². The number of hydrogen-bond acceptors (Lipinski definition) is 5. The molecule has 0 aliphatic heterocycles. The van der Waals surface area contributed by atoms with Crippen LogP contribution < -0.4 is 16.0 Å². The lowest BCUT2D eigenvalue weighted by Crippen LogP contribution is -2.29. The van der Waals surface area contributed by atoms with Gasteiger partial charge in [-0.15, -0.1) is 11.3 Å². The highest BCUT2D eigenvalue weighted by atomic mass is 32.1. The molecule has 18 heavy (non-hydrogen) atoms. The van der Waals surface area contributed by atoms with E-state index in [1.165, 1.54) is 5.56 Å². The summed E-state index contributed by atoms with van der Waals surface area (Å²) in [4.78, 5) is 5.38. The molecule has 2 rings (SSSR count). The predicted octanol–water partition coefficient (Wildman–Crippen LogP) is 2.32. The van der Waals surface area contributed by atoms with Crippen molar-refractivity contribution in [3.63, 3.8) is 0 Å². The first kappa shape index (κ1) is 13.0. The molecule has 1 aromatic heterocycles. The first-order valence-corrected chi connectivity index (χ1v) is 6.56. The van der Waals surface area contributed by atoms with Crippen molar-refractivity contribution >= 4 is 11.3 Å². The highest BCUT2D eigenvalue weighted by molar-refractivity contribution is 7.09. The van der Waals surface area contributed by atoms with Crippen molar-refractivity contribution in [1.82, 2.24) is 10.4 Å². The quantitative estimate of drug-likeness (QED) is 0.656. The average Bonchev–Trinajstić information content (AvgIpc) is 2.77. The van der Waals surface area contributed by atoms with Gasteiger partial charge in [0.2, 0.25) is 0 Å². The van der Waals surface area contributed by atoms with E-state index in [0.717, 1.165) is 21.9 Å². The molecule has 3 N–H and O–H groups in total. The largest absolute Gasteiger partial charge is 0.496 e. The van der Waals surface area contributed by atoms with Crippen LogP contribution in [-0.2, 0) is 0 Å². The summed E-state index contributed by atoms with van der Waals surface area (Å²) in [6.45, 7) is 4.04. The van der Waals surface area contributed by atoms with Crippen LogP contribution in [0.25, 0.3) is 0 Å². The van der Waals surface area contributed by atoms with Crippen LogP contribution in [0.4, 0.5) is 0 Å². The lowest BCUT2D eigenvalue weighted by atomic mass is 10.0. The first-order chi connectivity index (χ1) is 8.67. The Kier molecular flexibility index (Phi) is 3.96. The fraction of sp³-hybridized carbons (Fsp3) is 0.308. The molecule has 0 radical (unpaired) electrons. The van der Waals surface area contributed by atoms with Crippen LogP contribution in [0.5, 0.6) is 5.75 Å². The van der Waals surface area contributed by atoms with Crippen molar-refractivity contribution in [2.45, 2.75) is 19.9 Å². The molecule has 0 amide bonds. The number of hydrazine groups is 1. The molecule has 0 aliphatic rings. The number of aromatic nitrogens is 1. The monoisotopic (exact) mass is 263 g/mol. The van der Waals surface area contributed by atoms with Gasteiger partial charge in [-0.2, -0.15) is 0 Å². The Hall–Kier alpha value is -1.43. The zero-order valence-corrected chi connectivity index (χ0v) is 11.5. The zero-order chi connectivity index (χ0) is 13.1. The summed E-state index contributed by atoms with van der Waals surface area (Å²) in [5.74, 6) is 6.54. The maximum absolute atomic E-state index is 5.71. The summed E-state index contributed by atoms with van der Waals surface area (Å²) in [7, 11) is 1.67. The number of nitrogens with one attached hydrogen (secondary N) is 1. The van der Waals surface area contributed by atoms with E-state index < -0.39 is 0 Å². The maximum atomic E-state index is 5.71. The fourth-order valence-electron chi connectivity index (χ4n) is 1.97. The van der Waals surface area contributed by atoms with Crippen LogP contribution in [0.1, 0.15) is 27.7 Å². The van der Waals surface area contributed by atoms with Gasteiger partial charge in [-0.1, -0.05) is 17.7 Å². The third-order valence-electron chi connectivity index (χ3n) is 2.91. The summed E-state index contributed by atoms with van der Waals surface area (Å²) < 4.78 is 5.41. The van der Waals surface area contributed by atoms with Crippen LogP contribution >= 0.6 is 11.3 Å². The van der Waals surface area contributed by atoms with Crippen molar-refractivity contribution in [2.75, 3.05) is 7.11 Å². The molecular formula is C13H17N3OS. The second-order valence-corrected chi connectivity index (χ2v) is 5.03. The molecule has 0 saturated carbocycles. The van der Waals surface area contributed by atoms with Gasteiger partial charge in [0.1, 0.15) is 5.75 Å². The topological polar surface area (TPSA) is 60.2 Å². The highest BCUT2D eigenvalue weighted by Crippen LogP contribution is 2.33. The van der Waals surface area contributed by atoms with Crippen LogP contribution in [0, 0.1) is 13.8 Å². The van der Waals surface area contributed by atoms with E-state index in [4.69, 9.17) is 10.6 Å². The zero-order valence-electron chi connectivity index (χ0n) is 10.7. The second-order valence-electron chi connectivity index (χ2n) is 4.15. The molecule has 2 aromatic rings. The summed E-state index contributed by atoms with van der Waals surface area (Å²) in [5.41, 5.74) is 7.89. The molecule has 1 atom stereocenters. The molecular weight excluding hydrogens is 246 g/mol. The fourth-order valence-corrected chi connectivity index (χ4v) is 2.85. The number of thiazole rings is 1. The van der Waals surface area contributed by atoms with Gasteiger partial charge in [-0.3, -0.25) is 5.84 Å². The van der Waals surface area contributed by atoms with E-state index in [1.54, 1.807) is 18.4 Å². The molecule has 1 unspecified atom stereocenters. The summed E-state index contributed by atoms with van der Waals surface area (Å²) in [5, 5.41) is 0. The molecule has 0 saturated heterocycles. The Bertz CT molecular complexity index is 539. The van der Waals surface area contributed by atoms with E-state index in [9.17, 15) is 0 Å². The number of aryl methyl sites for hydroxylation is 2. The van der Waals surface area contributed by atoms with E-state index >= 15 is 0 Å². The van der Waals surface area contributed by atoms with Crippen LogP contribution in [0.15, 0.2) is 23.7 Å². The molecule has 0 fully saturated rings. The van der Waals surface area contributed by atoms with E-state index in [-0.39, 0.29) is 6.04 Å². The van der Waals surface area contributed by atoms with Crippen LogP contribution in [-0.4, -0.2) is 12.1 Å². The number of benzene rings is 1. The molecule has 4 nitrogen and oxygen atoms in total. The lowest BCUT2D eigenvalue weighted by molar-refractivity contribution is 0.404. The Morgan fingerprint density at radius 3 is 2.72 bits per heavy atom. The third-order valence-corrected chi connectivity index (χ3v) is 3.90. The van der Waals surface area contributed by atoms with Gasteiger partial charge < -0.3 is 4.74 Å².